The Morgan fingerprint density at radius 1 is 1.00 bits per heavy atom. The molecule has 0 amide bonds. The monoisotopic (exact) mass is 502 g/mol. The van der Waals surface area contributed by atoms with Crippen LogP contribution in [0.1, 0.15) is 12.5 Å². The molecule has 1 aliphatic rings. The second-order valence-electron chi connectivity index (χ2n) is 8.06. The maximum absolute atomic E-state index is 14.5. The number of anilines is 3. The van der Waals surface area contributed by atoms with Crippen molar-refractivity contribution in [2.24, 2.45) is 0 Å². The molecular formula is C25H28F2N4O5. The third-order valence-electron chi connectivity index (χ3n) is 5.69. The second kappa shape index (κ2) is 11.3. The molecule has 3 aromatic rings. The van der Waals surface area contributed by atoms with Crippen molar-refractivity contribution in [1.29, 1.82) is 0 Å². The van der Waals surface area contributed by atoms with Gasteiger partial charge >= 0.3 is 0 Å². The fourth-order valence-electron chi connectivity index (χ4n) is 3.86. The van der Waals surface area contributed by atoms with E-state index in [1.807, 2.05) is 25.1 Å². The van der Waals surface area contributed by atoms with Crippen molar-refractivity contribution in [3.8, 4) is 23.0 Å². The second-order valence-corrected chi connectivity index (χ2v) is 8.06. The van der Waals surface area contributed by atoms with E-state index in [-0.39, 0.29) is 28.9 Å². The summed E-state index contributed by atoms with van der Waals surface area (Å²) >= 11 is 0. The fourth-order valence-corrected chi connectivity index (χ4v) is 3.86. The Morgan fingerprint density at radius 2 is 1.67 bits per heavy atom. The van der Waals surface area contributed by atoms with Crippen molar-refractivity contribution in [1.82, 2.24) is 9.97 Å². The quantitative estimate of drug-likeness (QED) is 0.459. The van der Waals surface area contributed by atoms with Gasteiger partial charge in [0.2, 0.25) is 5.95 Å². The van der Waals surface area contributed by atoms with Gasteiger partial charge in [0, 0.05) is 30.9 Å². The number of rotatable bonds is 9. The average molecular weight is 503 g/mol. The van der Waals surface area contributed by atoms with Crippen LogP contribution in [0.3, 0.4) is 0 Å². The maximum atomic E-state index is 14.5. The Hall–Kier alpha value is -3.86. The number of nitrogens with one attached hydrogen (secondary N) is 1. The molecule has 0 saturated carbocycles. The van der Waals surface area contributed by atoms with Gasteiger partial charge in [-0.15, -0.1) is 0 Å². The smallest absolute Gasteiger partial charge is 0.227 e. The molecule has 1 N–H and O–H groups in total. The Morgan fingerprint density at radius 3 is 2.28 bits per heavy atom. The SMILES string of the molecule is COc1cc(Nc2ncc(OCc3c(F)c(OC)cc(OC)c3F)cn2)ccc1N1CCOC(C)C1. The summed E-state index contributed by atoms with van der Waals surface area (Å²) in [4.78, 5) is 10.7. The summed E-state index contributed by atoms with van der Waals surface area (Å²) in [6.45, 7) is 3.87. The van der Waals surface area contributed by atoms with E-state index >= 15 is 0 Å². The summed E-state index contributed by atoms with van der Waals surface area (Å²) in [7, 11) is 4.19. The van der Waals surface area contributed by atoms with E-state index in [1.165, 1.54) is 26.6 Å². The molecule has 36 heavy (non-hydrogen) atoms. The molecule has 1 saturated heterocycles. The fraction of sp³-hybridized carbons (Fsp3) is 0.360. The third kappa shape index (κ3) is 5.51. The van der Waals surface area contributed by atoms with Crippen LogP contribution in [0, 0.1) is 11.6 Å². The zero-order chi connectivity index (χ0) is 25.7. The van der Waals surface area contributed by atoms with Crippen LogP contribution in [0.2, 0.25) is 0 Å². The number of halogens is 2. The molecule has 1 aliphatic heterocycles. The maximum Gasteiger partial charge on any atom is 0.227 e. The van der Waals surface area contributed by atoms with E-state index in [1.54, 1.807) is 7.11 Å². The molecule has 2 heterocycles. The predicted octanol–water partition coefficient (Wildman–Crippen LogP) is 4.33. The van der Waals surface area contributed by atoms with Gasteiger partial charge in [-0.05, 0) is 19.1 Å². The van der Waals surface area contributed by atoms with Gasteiger partial charge in [-0.25, -0.2) is 18.7 Å². The highest BCUT2D eigenvalue weighted by atomic mass is 19.1. The Labute approximate surface area is 207 Å². The van der Waals surface area contributed by atoms with E-state index in [9.17, 15) is 8.78 Å². The summed E-state index contributed by atoms with van der Waals surface area (Å²) in [5.41, 5.74) is 1.39. The number of aromatic nitrogens is 2. The molecule has 1 atom stereocenters. The van der Waals surface area contributed by atoms with Gasteiger partial charge in [0.25, 0.3) is 0 Å². The first kappa shape index (κ1) is 25.2. The summed E-state index contributed by atoms with van der Waals surface area (Å²) in [5, 5.41) is 3.11. The Balaban J connectivity index is 1.43. The van der Waals surface area contributed by atoms with Crippen LogP contribution in [-0.2, 0) is 11.3 Å². The lowest BCUT2D eigenvalue weighted by atomic mass is 10.1. The van der Waals surface area contributed by atoms with Gasteiger partial charge in [-0.1, -0.05) is 0 Å². The topological polar surface area (TPSA) is 87.2 Å². The molecule has 0 radical (unpaired) electrons. The van der Waals surface area contributed by atoms with Crippen LogP contribution in [0.15, 0.2) is 36.7 Å². The van der Waals surface area contributed by atoms with Gasteiger partial charge in [-0.3, -0.25) is 0 Å². The number of benzene rings is 2. The number of nitrogens with zero attached hydrogens (tertiary/aromatic N) is 3. The van der Waals surface area contributed by atoms with Crippen molar-refractivity contribution in [3.05, 3.63) is 53.9 Å². The third-order valence-corrected chi connectivity index (χ3v) is 5.69. The van der Waals surface area contributed by atoms with Gasteiger partial charge in [0.15, 0.2) is 28.9 Å². The van der Waals surface area contributed by atoms with Crippen LogP contribution >= 0.6 is 0 Å². The van der Waals surface area contributed by atoms with Crippen molar-refractivity contribution >= 4 is 17.3 Å². The van der Waals surface area contributed by atoms with Gasteiger partial charge in [0.1, 0.15) is 12.4 Å². The first-order chi connectivity index (χ1) is 17.4. The minimum atomic E-state index is -0.862. The molecule has 2 aromatic carbocycles. The minimum absolute atomic E-state index is 0.146. The van der Waals surface area contributed by atoms with E-state index in [4.69, 9.17) is 23.7 Å². The molecule has 1 fully saturated rings. The molecule has 9 nitrogen and oxygen atoms in total. The highest BCUT2D eigenvalue weighted by Crippen LogP contribution is 2.34. The van der Waals surface area contributed by atoms with Gasteiger partial charge in [-0.2, -0.15) is 0 Å². The van der Waals surface area contributed by atoms with E-state index < -0.39 is 18.2 Å². The van der Waals surface area contributed by atoms with Crippen LogP contribution in [0.4, 0.5) is 26.1 Å². The molecule has 0 bridgehead atoms. The lowest BCUT2D eigenvalue weighted by molar-refractivity contribution is 0.0531. The predicted molar refractivity (Wildman–Crippen MR) is 130 cm³/mol. The van der Waals surface area contributed by atoms with Crippen LogP contribution in [0.5, 0.6) is 23.0 Å². The van der Waals surface area contributed by atoms with Crippen molar-refractivity contribution in [2.75, 3.05) is 51.2 Å². The molecule has 192 valence electrons. The normalized spacial score (nSPS) is 15.4. The van der Waals surface area contributed by atoms with E-state index in [0.717, 1.165) is 30.5 Å². The lowest BCUT2D eigenvalue weighted by Crippen LogP contribution is -2.41. The summed E-state index contributed by atoms with van der Waals surface area (Å²) in [6, 6.07) is 6.89. The highest BCUT2D eigenvalue weighted by molar-refractivity contribution is 5.67. The number of methoxy groups -OCH3 is 3. The number of ether oxygens (including phenoxy) is 5. The van der Waals surface area contributed by atoms with E-state index in [2.05, 4.69) is 20.2 Å². The first-order valence-corrected chi connectivity index (χ1v) is 11.3. The molecule has 1 unspecified atom stereocenters. The number of hydrogen-bond acceptors (Lipinski definition) is 9. The molecule has 4 rings (SSSR count). The van der Waals surface area contributed by atoms with E-state index in [0.29, 0.717) is 18.3 Å². The largest absolute Gasteiger partial charge is 0.495 e. The molecule has 0 spiro atoms. The zero-order valence-electron chi connectivity index (χ0n) is 20.5. The summed E-state index contributed by atoms with van der Waals surface area (Å²) < 4.78 is 55.7. The molecule has 11 heteroatoms. The van der Waals surface area contributed by atoms with Crippen LogP contribution in [-0.4, -0.2) is 57.1 Å². The zero-order valence-corrected chi connectivity index (χ0v) is 20.5. The highest BCUT2D eigenvalue weighted by Gasteiger charge is 2.21. The Kier molecular flexibility index (Phi) is 7.89. The van der Waals surface area contributed by atoms with Crippen molar-refractivity contribution in [3.63, 3.8) is 0 Å². The summed E-state index contributed by atoms with van der Waals surface area (Å²) in [5.74, 6) is -0.753. The summed E-state index contributed by atoms with van der Waals surface area (Å²) in [6.07, 6.45) is 2.96. The average Bonchev–Trinajstić information content (AvgIpc) is 2.89. The van der Waals surface area contributed by atoms with Crippen molar-refractivity contribution < 1.29 is 32.5 Å². The first-order valence-electron chi connectivity index (χ1n) is 11.3. The van der Waals surface area contributed by atoms with Crippen LogP contribution in [0.25, 0.3) is 0 Å². The Bertz CT molecular complexity index is 1170. The van der Waals surface area contributed by atoms with Gasteiger partial charge in [0.05, 0.1) is 57.7 Å². The van der Waals surface area contributed by atoms with Crippen LogP contribution < -0.4 is 29.2 Å². The molecular weight excluding hydrogens is 474 g/mol. The molecule has 1 aromatic heterocycles. The number of morpholine rings is 1. The standard InChI is InChI=1S/C25H28F2N4O5/c1-15-13-31(7-8-35-15)19-6-5-16(9-20(19)32-2)30-25-28-11-17(12-29-25)36-14-18-23(26)21(33-3)10-22(34-4)24(18)27/h5-6,9-12,15H,7-8,13-14H2,1-4H3,(H,28,29,30). The lowest BCUT2D eigenvalue weighted by Gasteiger charge is -2.33. The molecule has 0 aliphatic carbocycles. The number of hydrogen-bond donors (Lipinski definition) is 1. The van der Waals surface area contributed by atoms with Crippen molar-refractivity contribution in [2.45, 2.75) is 19.6 Å². The van der Waals surface area contributed by atoms with Gasteiger partial charge < -0.3 is 33.9 Å². The minimum Gasteiger partial charge on any atom is -0.495 e.